The lowest BCUT2D eigenvalue weighted by atomic mass is 10.1. The molecule has 1 aliphatic heterocycles. The molecule has 0 atom stereocenters. The van der Waals surface area contributed by atoms with Gasteiger partial charge in [0.15, 0.2) is 17.8 Å². The molecule has 350 valence electrons. The molecule has 0 spiro atoms. The number of ether oxygens (including phenoxy) is 3. The van der Waals surface area contributed by atoms with E-state index < -0.39 is 16.6 Å². The number of aldehydes is 1. The molecule has 10 heteroatoms. The van der Waals surface area contributed by atoms with Crippen molar-refractivity contribution in [2.45, 2.75) is 58.2 Å². The Morgan fingerprint density at radius 3 is 1.41 bits per heavy atom. The molecule has 68 heavy (non-hydrogen) atoms. The van der Waals surface area contributed by atoms with Gasteiger partial charge in [-0.3, -0.25) is 4.79 Å². The number of hydrogen-bond acceptors (Lipinski definition) is 8. The van der Waals surface area contributed by atoms with Crippen molar-refractivity contribution in [3.8, 4) is 17.2 Å². The van der Waals surface area contributed by atoms with Crippen LogP contribution in [0.3, 0.4) is 0 Å². The number of carbonyl (C=O) groups is 1. The van der Waals surface area contributed by atoms with E-state index in [1.54, 1.807) is 0 Å². The number of nitrogens with zero attached hydrogens (tertiary/aromatic N) is 1. The highest BCUT2D eigenvalue weighted by molar-refractivity contribution is 7.15. The van der Waals surface area contributed by atoms with E-state index in [2.05, 4.69) is 198 Å². The zero-order valence-electron chi connectivity index (χ0n) is 40.2. The second kappa shape index (κ2) is 21.5. The number of hydrogen-bond donors (Lipinski definition) is 0. The first-order chi connectivity index (χ1) is 32.9. The van der Waals surface area contributed by atoms with E-state index in [0.717, 1.165) is 33.7 Å². The van der Waals surface area contributed by atoms with Crippen LogP contribution in [0.2, 0.25) is 10.1 Å². The Morgan fingerprint density at radius 1 is 0.559 bits per heavy atom. The fourth-order valence-electron chi connectivity index (χ4n) is 9.58. The van der Waals surface area contributed by atoms with Crippen molar-refractivity contribution < 1.29 is 27.9 Å². The number of rotatable bonds is 19. The average Bonchev–Trinajstić information content (AvgIpc) is 3.73. The highest BCUT2D eigenvalue weighted by Crippen LogP contribution is 2.45. The molecule has 0 amide bonds. The zero-order valence-corrected chi connectivity index (χ0v) is 43.0. The van der Waals surface area contributed by atoms with Gasteiger partial charge in [0.05, 0.1) is 18.1 Å². The summed E-state index contributed by atoms with van der Waals surface area (Å²) < 4.78 is 33.7. The summed E-state index contributed by atoms with van der Waals surface area (Å²) in [5.74, 6) is 1.85. The summed E-state index contributed by atoms with van der Waals surface area (Å²) >= 11 is 1.36. The van der Waals surface area contributed by atoms with Crippen molar-refractivity contribution in [1.82, 2.24) is 0 Å². The Morgan fingerprint density at radius 2 is 0.985 bits per heavy atom. The van der Waals surface area contributed by atoms with Gasteiger partial charge in [-0.05, 0) is 60.7 Å². The number of fused-ring (bicyclic) bond motifs is 1. The standard InChI is InChI=1S/C58H63NO6SSi2/c1-57(2,3)67(48-24-14-8-15-25-48,49-26-16-9-17-27-49)64-38-36-59(37-39-65-68(58(4,5)6,50-28-18-10-19-29-50)51-30-20-11-21-31-51)47-34-32-46(52(42-47)63-44-45-22-12-7-13-23-45)33-35-53-55-56(54(43-60)66-53)62-41-40-61-55/h7-35,42-43H,36-41,44H2,1-6H3/b35-33+. The summed E-state index contributed by atoms with van der Waals surface area (Å²) in [5.41, 5.74) is 2.95. The Balaban J connectivity index is 1.18. The molecule has 0 radical (unpaired) electrons. The lowest BCUT2D eigenvalue weighted by molar-refractivity contribution is 0.111. The van der Waals surface area contributed by atoms with Crippen LogP contribution in [-0.4, -0.2) is 62.4 Å². The molecule has 0 saturated carbocycles. The Hall–Kier alpha value is -6.02. The summed E-state index contributed by atoms with van der Waals surface area (Å²) in [4.78, 5) is 15.7. The number of benzene rings is 6. The molecule has 2 heterocycles. The highest BCUT2D eigenvalue weighted by Gasteiger charge is 2.51. The monoisotopic (exact) mass is 957 g/mol. The Labute approximate surface area is 409 Å². The first kappa shape index (κ1) is 48.4. The van der Waals surface area contributed by atoms with Gasteiger partial charge in [0.1, 0.15) is 30.4 Å². The maximum atomic E-state index is 12.0. The normalized spacial score (nSPS) is 13.1. The van der Waals surface area contributed by atoms with Gasteiger partial charge in [-0.2, -0.15) is 0 Å². The van der Waals surface area contributed by atoms with Crippen LogP contribution in [0, 0.1) is 0 Å². The van der Waals surface area contributed by atoms with Crippen molar-refractivity contribution >= 4 is 72.8 Å². The van der Waals surface area contributed by atoms with Gasteiger partial charge in [-0.25, -0.2) is 0 Å². The molecule has 0 unspecified atom stereocenters. The van der Waals surface area contributed by atoms with Crippen LogP contribution in [0.15, 0.2) is 170 Å². The summed E-state index contributed by atoms with van der Waals surface area (Å²) in [7, 11) is -5.68. The van der Waals surface area contributed by atoms with Crippen LogP contribution in [0.1, 0.15) is 67.2 Å². The summed E-state index contributed by atoms with van der Waals surface area (Å²) in [6.07, 6.45) is 4.86. The van der Waals surface area contributed by atoms with E-state index in [9.17, 15) is 4.79 Å². The quantitative estimate of drug-likeness (QED) is 0.0591. The van der Waals surface area contributed by atoms with Gasteiger partial charge in [0.2, 0.25) is 0 Å². The molecular formula is C58H63NO6SSi2. The molecule has 0 fully saturated rings. The predicted molar refractivity (Wildman–Crippen MR) is 286 cm³/mol. The molecule has 0 saturated heterocycles. The summed E-state index contributed by atoms with van der Waals surface area (Å²) in [5, 5.41) is 4.64. The number of thiophene rings is 1. The Kier molecular flexibility index (Phi) is 15.3. The van der Waals surface area contributed by atoms with E-state index in [4.69, 9.17) is 23.1 Å². The molecule has 6 aromatic carbocycles. The molecule has 8 rings (SSSR count). The van der Waals surface area contributed by atoms with E-state index in [1.807, 2.05) is 30.4 Å². The zero-order chi connectivity index (χ0) is 47.6. The van der Waals surface area contributed by atoms with Crippen molar-refractivity contribution in [3.63, 3.8) is 0 Å². The van der Waals surface area contributed by atoms with Gasteiger partial charge >= 0.3 is 0 Å². The summed E-state index contributed by atoms with van der Waals surface area (Å²) in [6, 6.07) is 60.0. The largest absolute Gasteiger partial charge is 0.488 e. The molecule has 0 aliphatic carbocycles. The van der Waals surface area contributed by atoms with Gasteiger partial charge in [-0.1, -0.05) is 193 Å². The lowest BCUT2D eigenvalue weighted by Crippen LogP contribution is -2.67. The SMILES string of the molecule is CC(C)(C)[Si](OCCN(CCO[Si](c1ccccc1)(c1ccccc1)C(C)(C)C)c1ccc(/C=C/c2sc(C=O)c3c2OCCO3)c(OCc2ccccc2)c1)(c1ccccc1)c1ccccc1. The predicted octanol–water partition coefficient (Wildman–Crippen LogP) is 11.0. The molecular weight excluding hydrogens is 895 g/mol. The van der Waals surface area contributed by atoms with Crippen LogP contribution < -0.4 is 39.9 Å². The van der Waals surface area contributed by atoms with E-state index in [1.165, 1.54) is 32.1 Å². The second-order valence-electron chi connectivity index (χ2n) is 19.1. The lowest BCUT2D eigenvalue weighted by Gasteiger charge is -2.44. The van der Waals surface area contributed by atoms with Crippen LogP contribution in [0.25, 0.3) is 12.2 Å². The summed E-state index contributed by atoms with van der Waals surface area (Å²) in [6.45, 7) is 17.3. The topological polar surface area (TPSA) is 66.5 Å². The van der Waals surface area contributed by atoms with Gasteiger partial charge in [0, 0.05) is 30.4 Å². The third-order valence-corrected chi connectivity index (χ3v) is 23.9. The average molecular weight is 958 g/mol. The molecule has 7 aromatic rings. The minimum absolute atomic E-state index is 0.176. The molecule has 0 N–H and O–H groups in total. The maximum absolute atomic E-state index is 12.0. The third-order valence-electron chi connectivity index (χ3n) is 12.8. The van der Waals surface area contributed by atoms with E-state index >= 15 is 0 Å². The van der Waals surface area contributed by atoms with Crippen molar-refractivity contribution in [2.24, 2.45) is 0 Å². The van der Waals surface area contributed by atoms with Gasteiger partial charge in [0.25, 0.3) is 16.6 Å². The van der Waals surface area contributed by atoms with Crippen LogP contribution in [-0.2, 0) is 15.5 Å². The third kappa shape index (κ3) is 10.4. The fourth-order valence-corrected chi connectivity index (χ4v) is 19.6. The van der Waals surface area contributed by atoms with Gasteiger partial charge in [-0.15, -0.1) is 11.3 Å². The molecule has 0 bridgehead atoms. The van der Waals surface area contributed by atoms with Crippen molar-refractivity contribution in [2.75, 3.05) is 44.4 Å². The first-order valence-corrected chi connectivity index (χ1v) is 28.2. The number of carbonyl (C=O) groups excluding carboxylic acids is 1. The Bertz CT molecular complexity index is 2550. The molecule has 1 aromatic heterocycles. The van der Waals surface area contributed by atoms with Crippen molar-refractivity contribution in [1.29, 1.82) is 0 Å². The van der Waals surface area contributed by atoms with E-state index in [-0.39, 0.29) is 10.1 Å². The molecule has 1 aliphatic rings. The first-order valence-electron chi connectivity index (χ1n) is 23.6. The molecule has 7 nitrogen and oxygen atoms in total. The fraction of sp³-hybridized carbons (Fsp3) is 0.259. The minimum atomic E-state index is -2.84. The van der Waals surface area contributed by atoms with E-state index in [0.29, 0.717) is 62.5 Å². The number of anilines is 1. The van der Waals surface area contributed by atoms with Crippen molar-refractivity contribution in [3.05, 3.63) is 191 Å². The van der Waals surface area contributed by atoms with Crippen LogP contribution >= 0.6 is 11.3 Å². The smallest absolute Gasteiger partial charge is 0.261 e. The second-order valence-corrected chi connectivity index (χ2v) is 28.8. The minimum Gasteiger partial charge on any atom is -0.488 e. The maximum Gasteiger partial charge on any atom is 0.261 e. The van der Waals surface area contributed by atoms with Crippen LogP contribution in [0.5, 0.6) is 17.2 Å². The van der Waals surface area contributed by atoms with Crippen LogP contribution in [0.4, 0.5) is 5.69 Å². The van der Waals surface area contributed by atoms with Gasteiger partial charge < -0.3 is 28.0 Å². The highest BCUT2D eigenvalue weighted by atomic mass is 32.1.